The van der Waals surface area contributed by atoms with Gasteiger partial charge in [0.15, 0.2) is 17.5 Å². The van der Waals surface area contributed by atoms with Crippen LogP contribution < -0.4 is 10.1 Å². The highest BCUT2D eigenvalue weighted by Gasteiger charge is 2.22. The average molecular weight is 415 g/mol. The molecule has 0 bridgehead atoms. The SMILES string of the molecule is COc1ccc(F)cc1-c1ccc2c(NC(=O)c3c(F)ccc(F)c3F)n[nH]c2c1. The molecule has 152 valence electrons. The highest BCUT2D eigenvalue weighted by Crippen LogP contribution is 2.33. The molecular formula is C21H13F4N3O2. The summed E-state index contributed by atoms with van der Waals surface area (Å²) in [6.45, 7) is 0. The third-order valence-corrected chi connectivity index (χ3v) is 4.54. The predicted molar refractivity (Wildman–Crippen MR) is 102 cm³/mol. The lowest BCUT2D eigenvalue weighted by atomic mass is 10.0. The minimum atomic E-state index is -1.59. The Balaban J connectivity index is 1.70. The van der Waals surface area contributed by atoms with Crippen molar-refractivity contribution in [3.63, 3.8) is 0 Å². The maximum absolute atomic E-state index is 13.9. The fraction of sp³-hybridized carbons (Fsp3) is 0.0476. The summed E-state index contributed by atoms with van der Waals surface area (Å²) < 4.78 is 60.0. The van der Waals surface area contributed by atoms with Crippen LogP contribution in [0.4, 0.5) is 23.4 Å². The molecule has 0 saturated carbocycles. The van der Waals surface area contributed by atoms with E-state index in [-0.39, 0.29) is 5.82 Å². The molecule has 1 amide bonds. The fourth-order valence-corrected chi connectivity index (χ4v) is 3.09. The number of aromatic nitrogens is 2. The van der Waals surface area contributed by atoms with Crippen LogP contribution in [-0.4, -0.2) is 23.2 Å². The summed E-state index contributed by atoms with van der Waals surface area (Å²) in [6.07, 6.45) is 0. The van der Waals surface area contributed by atoms with E-state index >= 15 is 0 Å². The molecule has 0 aliphatic carbocycles. The van der Waals surface area contributed by atoms with Gasteiger partial charge in [0.25, 0.3) is 5.91 Å². The number of aromatic amines is 1. The largest absolute Gasteiger partial charge is 0.496 e. The van der Waals surface area contributed by atoms with Crippen molar-refractivity contribution in [2.24, 2.45) is 0 Å². The number of ether oxygens (including phenoxy) is 1. The first-order valence-corrected chi connectivity index (χ1v) is 8.66. The molecule has 9 heteroatoms. The number of hydrogen-bond donors (Lipinski definition) is 2. The molecular weight excluding hydrogens is 402 g/mol. The number of nitrogens with zero attached hydrogens (tertiary/aromatic N) is 1. The van der Waals surface area contributed by atoms with Crippen LogP contribution in [-0.2, 0) is 0 Å². The second-order valence-electron chi connectivity index (χ2n) is 6.35. The second-order valence-corrected chi connectivity index (χ2v) is 6.35. The summed E-state index contributed by atoms with van der Waals surface area (Å²) in [4.78, 5) is 12.3. The summed E-state index contributed by atoms with van der Waals surface area (Å²) in [5, 5.41) is 9.32. The van der Waals surface area contributed by atoms with E-state index in [1.54, 1.807) is 18.2 Å². The molecule has 1 aromatic heterocycles. The zero-order valence-corrected chi connectivity index (χ0v) is 15.4. The maximum Gasteiger partial charge on any atom is 0.262 e. The van der Waals surface area contributed by atoms with Crippen LogP contribution in [0.25, 0.3) is 22.0 Å². The number of nitrogens with one attached hydrogen (secondary N) is 2. The summed E-state index contributed by atoms with van der Waals surface area (Å²) >= 11 is 0. The summed E-state index contributed by atoms with van der Waals surface area (Å²) in [6, 6.07) is 10.2. The molecule has 0 spiro atoms. The van der Waals surface area contributed by atoms with Gasteiger partial charge >= 0.3 is 0 Å². The Morgan fingerprint density at radius 1 is 1.00 bits per heavy atom. The highest BCUT2D eigenvalue weighted by molar-refractivity contribution is 6.08. The lowest BCUT2D eigenvalue weighted by Gasteiger charge is -2.09. The third-order valence-electron chi connectivity index (χ3n) is 4.54. The number of hydrogen-bond acceptors (Lipinski definition) is 3. The highest BCUT2D eigenvalue weighted by atomic mass is 19.2. The number of methoxy groups -OCH3 is 1. The molecule has 3 aromatic carbocycles. The Bertz CT molecular complexity index is 1290. The van der Waals surface area contributed by atoms with E-state index in [0.717, 1.165) is 0 Å². The Morgan fingerprint density at radius 2 is 1.77 bits per heavy atom. The van der Waals surface area contributed by atoms with E-state index in [0.29, 0.717) is 39.9 Å². The average Bonchev–Trinajstić information content (AvgIpc) is 3.13. The molecule has 30 heavy (non-hydrogen) atoms. The first kappa shape index (κ1) is 19.4. The normalized spacial score (nSPS) is 11.0. The number of rotatable bonds is 4. The topological polar surface area (TPSA) is 67.0 Å². The lowest BCUT2D eigenvalue weighted by Crippen LogP contribution is -2.17. The van der Waals surface area contributed by atoms with Gasteiger partial charge in [-0.1, -0.05) is 6.07 Å². The summed E-state index contributed by atoms with van der Waals surface area (Å²) in [5.41, 5.74) is 0.535. The molecule has 1 heterocycles. The van der Waals surface area contributed by atoms with E-state index in [9.17, 15) is 22.4 Å². The summed E-state index contributed by atoms with van der Waals surface area (Å²) in [5.74, 6) is -5.31. The van der Waals surface area contributed by atoms with Crippen LogP contribution >= 0.6 is 0 Å². The van der Waals surface area contributed by atoms with E-state index < -0.39 is 34.7 Å². The molecule has 0 atom stereocenters. The number of H-pyrrole nitrogens is 1. The van der Waals surface area contributed by atoms with Crippen molar-refractivity contribution in [3.05, 3.63) is 77.4 Å². The minimum Gasteiger partial charge on any atom is -0.496 e. The van der Waals surface area contributed by atoms with Crippen LogP contribution in [0.15, 0.2) is 48.5 Å². The van der Waals surface area contributed by atoms with E-state index in [1.807, 2.05) is 0 Å². The molecule has 4 rings (SSSR count). The summed E-state index contributed by atoms with van der Waals surface area (Å²) in [7, 11) is 1.46. The van der Waals surface area contributed by atoms with Crippen molar-refractivity contribution in [3.8, 4) is 16.9 Å². The third kappa shape index (κ3) is 3.34. The lowest BCUT2D eigenvalue weighted by molar-refractivity contribution is 0.101. The first-order chi connectivity index (χ1) is 14.4. The van der Waals surface area contributed by atoms with Gasteiger partial charge in [-0.25, -0.2) is 17.6 Å². The fourth-order valence-electron chi connectivity index (χ4n) is 3.09. The molecule has 0 radical (unpaired) electrons. The molecule has 0 aliphatic heterocycles. The van der Waals surface area contributed by atoms with Gasteiger partial charge in [0.2, 0.25) is 0 Å². The quantitative estimate of drug-likeness (QED) is 0.362. The van der Waals surface area contributed by atoms with Crippen LogP contribution in [0.1, 0.15) is 10.4 Å². The Hall–Kier alpha value is -3.88. The standard InChI is InChI=1S/C21H13F4N3O2/c1-30-17-7-3-11(22)9-13(17)10-2-4-12-16(8-10)27-28-20(12)26-21(29)18-14(23)5-6-15(24)19(18)25/h2-9H,1H3,(H2,26,27,28,29). The van der Waals surface area contributed by atoms with Crippen LogP contribution in [0, 0.1) is 23.3 Å². The van der Waals surface area contributed by atoms with Crippen molar-refractivity contribution in [1.29, 1.82) is 0 Å². The zero-order valence-electron chi connectivity index (χ0n) is 15.4. The van der Waals surface area contributed by atoms with E-state index in [1.165, 1.54) is 25.3 Å². The van der Waals surface area contributed by atoms with E-state index in [4.69, 9.17) is 4.74 Å². The predicted octanol–water partition coefficient (Wildman–Crippen LogP) is 5.05. The first-order valence-electron chi connectivity index (χ1n) is 8.66. The molecule has 0 unspecified atom stereocenters. The van der Waals surface area contributed by atoms with Gasteiger partial charge in [-0.2, -0.15) is 5.10 Å². The number of carbonyl (C=O) groups is 1. The van der Waals surface area contributed by atoms with Crippen molar-refractivity contribution < 1.29 is 27.1 Å². The number of benzene rings is 3. The second kappa shape index (κ2) is 7.51. The van der Waals surface area contributed by atoms with Gasteiger partial charge in [0, 0.05) is 10.9 Å². The van der Waals surface area contributed by atoms with Crippen LogP contribution in [0.5, 0.6) is 5.75 Å². The van der Waals surface area contributed by atoms with Gasteiger partial charge in [-0.15, -0.1) is 0 Å². The molecule has 5 nitrogen and oxygen atoms in total. The van der Waals surface area contributed by atoms with Gasteiger partial charge in [-0.3, -0.25) is 9.89 Å². The number of carbonyl (C=O) groups excluding carboxylic acids is 1. The van der Waals surface area contributed by atoms with Gasteiger partial charge in [-0.05, 0) is 48.0 Å². The van der Waals surface area contributed by atoms with Gasteiger partial charge in [0.05, 0.1) is 12.6 Å². The van der Waals surface area contributed by atoms with Crippen molar-refractivity contribution in [2.75, 3.05) is 12.4 Å². The molecule has 0 aliphatic rings. The Kier molecular flexibility index (Phi) is 4.86. The molecule has 2 N–H and O–H groups in total. The van der Waals surface area contributed by atoms with Crippen LogP contribution in [0.2, 0.25) is 0 Å². The Morgan fingerprint density at radius 3 is 2.53 bits per heavy atom. The van der Waals surface area contributed by atoms with Gasteiger partial charge < -0.3 is 10.1 Å². The van der Waals surface area contributed by atoms with Crippen molar-refractivity contribution in [2.45, 2.75) is 0 Å². The van der Waals surface area contributed by atoms with E-state index in [2.05, 4.69) is 15.5 Å². The van der Waals surface area contributed by atoms with Crippen molar-refractivity contribution >= 4 is 22.6 Å². The number of amides is 1. The monoisotopic (exact) mass is 415 g/mol. The molecule has 4 aromatic rings. The smallest absolute Gasteiger partial charge is 0.262 e. The van der Waals surface area contributed by atoms with Crippen molar-refractivity contribution in [1.82, 2.24) is 10.2 Å². The van der Waals surface area contributed by atoms with Gasteiger partial charge in [0.1, 0.15) is 22.9 Å². The zero-order chi connectivity index (χ0) is 21.4. The maximum atomic E-state index is 13.9. The number of anilines is 1. The van der Waals surface area contributed by atoms with Crippen LogP contribution in [0.3, 0.4) is 0 Å². The Labute approximate surface area is 167 Å². The number of fused-ring (bicyclic) bond motifs is 1. The molecule has 0 fully saturated rings. The molecule has 0 saturated heterocycles. The minimum absolute atomic E-state index is 0.00387. The number of halogens is 4.